The van der Waals surface area contributed by atoms with Crippen LogP contribution in [0.1, 0.15) is 25.0 Å². The Bertz CT molecular complexity index is 785. The number of rotatable bonds is 8. The molecule has 0 saturated heterocycles. The van der Waals surface area contributed by atoms with Crippen LogP contribution in [-0.4, -0.2) is 42.3 Å². The largest absolute Gasteiger partial charge is 0.476 e. The Labute approximate surface area is 191 Å². The minimum absolute atomic E-state index is 0. The van der Waals surface area contributed by atoms with Crippen LogP contribution in [0.5, 0.6) is 5.88 Å². The van der Waals surface area contributed by atoms with E-state index in [0.717, 1.165) is 17.8 Å². The van der Waals surface area contributed by atoms with Crippen molar-refractivity contribution in [2.24, 2.45) is 4.99 Å². The van der Waals surface area contributed by atoms with Gasteiger partial charge in [0.1, 0.15) is 12.2 Å². The van der Waals surface area contributed by atoms with Gasteiger partial charge in [-0.15, -0.1) is 24.0 Å². The number of aliphatic hydroxyl groups is 1. The summed E-state index contributed by atoms with van der Waals surface area (Å²) in [6.45, 7) is 4.90. The quantitative estimate of drug-likeness (QED) is 0.208. The van der Waals surface area contributed by atoms with Gasteiger partial charge in [0.05, 0.1) is 18.7 Å². The highest BCUT2D eigenvalue weighted by molar-refractivity contribution is 14.0. The highest BCUT2D eigenvalue weighted by Gasteiger charge is 2.30. The third-order valence-electron chi connectivity index (χ3n) is 3.99. The van der Waals surface area contributed by atoms with Crippen LogP contribution >= 0.6 is 24.0 Å². The zero-order valence-corrected chi connectivity index (χ0v) is 19.1. The first-order valence-electron chi connectivity index (χ1n) is 9.18. The van der Waals surface area contributed by atoms with Gasteiger partial charge in [-0.2, -0.15) is 13.2 Å². The predicted octanol–water partition coefficient (Wildman–Crippen LogP) is 3.56. The average molecular weight is 538 g/mol. The molecular formula is C20H26F3IN4O2. The summed E-state index contributed by atoms with van der Waals surface area (Å²) in [4.78, 5) is 8.04. The molecule has 0 fully saturated rings. The molecule has 3 N–H and O–H groups in total. The van der Waals surface area contributed by atoms with Crippen molar-refractivity contribution >= 4 is 29.9 Å². The molecular weight excluding hydrogens is 512 g/mol. The van der Waals surface area contributed by atoms with E-state index in [1.807, 2.05) is 37.3 Å². The van der Waals surface area contributed by atoms with E-state index in [4.69, 9.17) is 4.74 Å². The molecule has 0 saturated carbocycles. The summed E-state index contributed by atoms with van der Waals surface area (Å²) in [5.41, 5.74) is -1.18. The molecule has 0 aliphatic carbocycles. The highest BCUT2D eigenvalue weighted by atomic mass is 127. The fourth-order valence-corrected chi connectivity index (χ4v) is 2.42. The fourth-order valence-electron chi connectivity index (χ4n) is 2.42. The van der Waals surface area contributed by atoms with Gasteiger partial charge in [0.25, 0.3) is 0 Å². The number of nitrogens with one attached hydrogen (secondary N) is 2. The number of halogens is 4. The van der Waals surface area contributed by atoms with E-state index < -0.39 is 17.3 Å². The number of aromatic nitrogens is 1. The summed E-state index contributed by atoms with van der Waals surface area (Å²) >= 11 is 0. The first-order valence-corrected chi connectivity index (χ1v) is 9.18. The van der Waals surface area contributed by atoms with Gasteiger partial charge < -0.3 is 20.5 Å². The number of hydrogen-bond acceptors (Lipinski definition) is 4. The van der Waals surface area contributed by atoms with Gasteiger partial charge in [-0.25, -0.2) is 9.98 Å². The lowest BCUT2D eigenvalue weighted by molar-refractivity contribution is -0.137. The minimum atomic E-state index is -4.43. The van der Waals surface area contributed by atoms with Gasteiger partial charge in [0.2, 0.25) is 5.88 Å². The zero-order chi connectivity index (χ0) is 21.3. The summed E-state index contributed by atoms with van der Waals surface area (Å²) in [6.07, 6.45) is -3.69. The van der Waals surface area contributed by atoms with Crippen molar-refractivity contribution in [1.29, 1.82) is 0 Å². The van der Waals surface area contributed by atoms with E-state index in [-0.39, 0.29) is 43.0 Å². The Morgan fingerprint density at radius 3 is 2.37 bits per heavy atom. The van der Waals surface area contributed by atoms with Crippen LogP contribution in [0.2, 0.25) is 0 Å². The van der Waals surface area contributed by atoms with Crippen molar-refractivity contribution < 1.29 is 23.0 Å². The van der Waals surface area contributed by atoms with Crippen LogP contribution in [0.15, 0.2) is 53.7 Å². The summed E-state index contributed by atoms with van der Waals surface area (Å²) in [5, 5.41) is 16.7. The van der Waals surface area contributed by atoms with Gasteiger partial charge in [-0.3, -0.25) is 0 Å². The number of guanidine groups is 1. The molecule has 2 aromatic rings. The number of hydrogen-bond donors (Lipinski definition) is 3. The molecule has 1 atom stereocenters. The minimum Gasteiger partial charge on any atom is -0.476 e. The summed E-state index contributed by atoms with van der Waals surface area (Å²) in [6, 6.07) is 11.3. The number of ether oxygens (including phenoxy) is 1. The smallest absolute Gasteiger partial charge is 0.417 e. The first kappa shape index (κ1) is 26.0. The van der Waals surface area contributed by atoms with Crippen molar-refractivity contribution in [3.8, 4) is 5.88 Å². The first-order chi connectivity index (χ1) is 13.7. The van der Waals surface area contributed by atoms with Crippen molar-refractivity contribution in [3.05, 3.63) is 59.8 Å². The molecule has 30 heavy (non-hydrogen) atoms. The summed E-state index contributed by atoms with van der Waals surface area (Å²) in [7, 11) is 0. The molecule has 0 amide bonds. The number of nitrogens with zero attached hydrogens (tertiary/aromatic N) is 2. The van der Waals surface area contributed by atoms with Crippen LogP contribution in [0.4, 0.5) is 13.2 Å². The van der Waals surface area contributed by atoms with Gasteiger partial charge in [-0.05, 0) is 25.5 Å². The van der Waals surface area contributed by atoms with E-state index in [1.54, 1.807) is 6.92 Å². The van der Waals surface area contributed by atoms with Gasteiger partial charge in [0.15, 0.2) is 5.96 Å². The van der Waals surface area contributed by atoms with Gasteiger partial charge >= 0.3 is 6.18 Å². The Balaban J connectivity index is 0.00000450. The molecule has 6 nitrogen and oxygen atoms in total. The van der Waals surface area contributed by atoms with E-state index >= 15 is 0 Å². The number of pyridine rings is 1. The topological polar surface area (TPSA) is 78.8 Å². The predicted molar refractivity (Wildman–Crippen MR) is 120 cm³/mol. The second-order valence-electron chi connectivity index (χ2n) is 6.49. The van der Waals surface area contributed by atoms with Crippen molar-refractivity contribution in [3.63, 3.8) is 0 Å². The van der Waals surface area contributed by atoms with Crippen LogP contribution < -0.4 is 15.4 Å². The Morgan fingerprint density at radius 2 is 1.80 bits per heavy atom. The number of benzene rings is 1. The SMILES string of the molecule is CCNC(=NCC(C)(O)c1ccccc1)NCCOc1ccc(C(F)(F)F)cn1.I. The summed E-state index contributed by atoms with van der Waals surface area (Å²) in [5.74, 6) is 0.599. The van der Waals surface area contributed by atoms with E-state index in [1.165, 1.54) is 6.07 Å². The maximum atomic E-state index is 12.5. The van der Waals surface area contributed by atoms with Crippen LogP contribution in [0.3, 0.4) is 0 Å². The monoisotopic (exact) mass is 538 g/mol. The molecule has 0 aliphatic rings. The molecule has 0 radical (unpaired) electrons. The fraction of sp³-hybridized carbons (Fsp3) is 0.400. The normalized spacial score (nSPS) is 13.7. The molecule has 10 heteroatoms. The van der Waals surface area contributed by atoms with Crippen molar-refractivity contribution in [1.82, 2.24) is 15.6 Å². The highest BCUT2D eigenvalue weighted by Crippen LogP contribution is 2.29. The van der Waals surface area contributed by atoms with E-state index in [9.17, 15) is 18.3 Å². The lowest BCUT2D eigenvalue weighted by Gasteiger charge is -2.22. The number of aliphatic imine (C=N–C) groups is 1. The van der Waals surface area contributed by atoms with E-state index in [0.29, 0.717) is 19.0 Å². The molecule has 1 heterocycles. The van der Waals surface area contributed by atoms with E-state index in [2.05, 4.69) is 20.6 Å². The number of alkyl halides is 3. The van der Waals surface area contributed by atoms with Crippen molar-refractivity contribution in [2.75, 3.05) is 26.2 Å². The maximum absolute atomic E-state index is 12.5. The second-order valence-corrected chi connectivity index (χ2v) is 6.49. The molecule has 1 aromatic heterocycles. The maximum Gasteiger partial charge on any atom is 0.417 e. The molecule has 0 aliphatic heterocycles. The second kappa shape index (κ2) is 11.9. The van der Waals surface area contributed by atoms with Crippen LogP contribution in [0, 0.1) is 0 Å². The lowest BCUT2D eigenvalue weighted by Crippen LogP contribution is -2.40. The molecule has 166 valence electrons. The summed E-state index contributed by atoms with van der Waals surface area (Å²) < 4.78 is 42.9. The van der Waals surface area contributed by atoms with Gasteiger partial charge in [-0.1, -0.05) is 30.3 Å². The van der Waals surface area contributed by atoms with Crippen LogP contribution in [-0.2, 0) is 11.8 Å². The Kier molecular flexibility index (Phi) is 10.3. The molecule has 2 rings (SSSR count). The Morgan fingerprint density at radius 1 is 1.10 bits per heavy atom. The standard InChI is InChI=1S/C20H25F3N4O2.HI/c1-3-24-18(27-14-19(2,28)15-7-5-4-6-8-15)25-11-12-29-17-10-9-16(13-26-17)20(21,22)23;/h4-10,13,28H,3,11-12,14H2,1-2H3,(H2,24,25,27);1H. The average Bonchev–Trinajstić information content (AvgIpc) is 2.69. The molecule has 0 spiro atoms. The van der Waals surface area contributed by atoms with Crippen molar-refractivity contribution in [2.45, 2.75) is 25.6 Å². The third-order valence-corrected chi connectivity index (χ3v) is 3.99. The third kappa shape index (κ3) is 8.34. The van der Waals surface area contributed by atoms with Gasteiger partial charge in [0, 0.05) is 18.8 Å². The zero-order valence-electron chi connectivity index (χ0n) is 16.7. The lowest BCUT2D eigenvalue weighted by atomic mass is 9.96. The van der Waals surface area contributed by atoms with Crippen LogP contribution in [0.25, 0.3) is 0 Å². The Hall–Kier alpha value is -2.08. The molecule has 1 unspecified atom stereocenters. The molecule has 1 aromatic carbocycles. The molecule has 0 bridgehead atoms.